The average Bonchev–Trinajstić information content (AvgIpc) is 2.93. The molecule has 0 bridgehead atoms. The van der Waals surface area contributed by atoms with E-state index >= 15 is 0 Å². The van der Waals surface area contributed by atoms with Crippen molar-refractivity contribution >= 4 is 28.3 Å². The van der Waals surface area contributed by atoms with Crippen molar-refractivity contribution in [3.63, 3.8) is 0 Å². The van der Waals surface area contributed by atoms with E-state index in [1.54, 1.807) is 17.4 Å². The van der Waals surface area contributed by atoms with Crippen molar-refractivity contribution in [2.45, 2.75) is 0 Å². The smallest absolute Gasteiger partial charge is 0.206 e. The van der Waals surface area contributed by atoms with Gasteiger partial charge in [-0.05, 0) is 23.6 Å². The molecule has 0 fully saturated rings. The fourth-order valence-electron chi connectivity index (χ4n) is 1.86. The maximum absolute atomic E-state index is 9.03. The van der Waals surface area contributed by atoms with E-state index in [1.807, 2.05) is 33.5 Å². The molecular formula is C12H8N4S. The molecule has 0 radical (unpaired) electrons. The van der Waals surface area contributed by atoms with Crippen LogP contribution in [0.4, 0.5) is 5.95 Å². The maximum Gasteiger partial charge on any atom is 0.206 e. The lowest BCUT2D eigenvalue weighted by molar-refractivity contribution is 1.12. The molecule has 3 aromatic rings. The van der Waals surface area contributed by atoms with E-state index in [2.05, 4.69) is 11.1 Å². The van der Waals surface area contributed by atoms with Crippen molar-refractivity contribution in [1.29, 1.82) is 5.26 Å². The summed E-state index contributed by atoms with van der Waals surface area (Å²) < 4.78 is 1.85. The highest BCUT2D eigenvalue weighted by Gasteiger charge is 2.12. The third-order valence-corrected chi connectivity index (χ3v) is 3.27. The first-order valence-electron chi connectivity index (χ1n) is 5.01. The minimum absolute atomic E-state index is 0.404. The van der Waals surface area contributed by atoms with Crippen LogP contribution in [0.25, 0.3) is 16.7 Å². The summed E-state index contributed by atoms with van der Waals surface area (Å²) in [6, 6.07) is 9.60. The number of hydrogen-bond donors (Lipinski definition) is 1. The lowest BCUT2D eigenvalue weighted by Crippen LogP contribution is -1.98. The van der Waals surface area contributed by atoms with Crippen LogP contribution in [-0.4, -0.2) is 9.55 Å². The number of nitrogens with two attached hydrogens (primary N) is 1. The highest BCUT2D eigenvalue weighted by Crippen LogP contribution is 2.26. The Morgan fingerprint density at radius 1 is 1.35 bits per heavy atom. The number of para-hydroxylation sites is 1. The predicted octanol–water partition coefficient (Wildman–Crippen LogP) is 2.54. The number of anilines is 1. The van der Waals surface area contributed by atoms with Gasteiger partial charge in [-0.1, -0.05) is 6.07 Å². The van der Waals surface area contributed by atoms with Gasteiger partial charge in [0.25, 0.3) is 0 Å². The quantitative estimate of drug-likeness (QED) is 0.710. The Kier molecular flexibility index (Phi) is 2.10. The van der Waals surface area contributed by atoms with Crippen molar-refractivity contribution < 1.29 is 0 Å². The molecule has 4 nitrogen and oxygen atoms in total. The van der Waals surface area contributed by atoms with Crippen LogP contribution in [0.15, 0.2) is 35.0 Å². The lowest BCUT2D eigenvalue weighted by atomic mass is 10.2. The Bertz CT molecular complexity index is 719. The van der Waals surface area contributed by atoms with Crippen LogP contribution < -0.4 is 5.73 Å². The molecule has 5 heteroatoms. The second-order valence-electron chi connectivity index (χ2n) is 3.57. The molecule has 0 saturated heterocycles. The molecule has 2 N–H and O–H groups in total. The van der Waals surface area contributed by atoms with Gasteiger partial charge in [0.15, 0.2) is 0 Å². The Balaban J connectivity index is 2.41. The summed E-state index contributed by atoms with van der Waals surface area (Å²) in [5, 5.41) is 13.0. The van der Waals surface area contributed by atoms with Crippen LogP contribution in [-0.2, 0) is 0 Å². The van der Waals surface area contributed by atoms with Gasteiger partial charge in [-0.2, -0.15) is 16.6 Å². The van der Waals surface area contributed by atoms with Gasteiger partial charge in [-0.15, -0.1) is 0 Å². The molecule has 0 aliphatic heterocycles. The molecule has 0 amide bonds. The summed E-state index contributed by atoms with van der Waals surface area (Å²) in [6.07, 6.45) is 0. The molecule has 3 rings (SSSR count). The van der Waals surface area contributed by atoms with Gasteiger partial charge >= 0.3 is 0 Å². The molecule has 0 spiro atoms. The first-order valence-corrected chi connectivity index (χ1v) is 5.95. The topological polar surface area (TPSA) is 67.6 Å². The number of rotatable bonds is 1. The summed E-state index contributed by atoms with van der Waals surface area (Å²) in [4.78, 5) is 4.26. The van der Waals surface area contributed by atoms with E-state index in [-0.39, 0.29) is 0 Å². The standard InChI is InChI=1S/C12H8N4S/c13-6-8-2-1-3-10-11(8)15-12(14)16(10)9-4-5-17-7-9/h1-5,7H,(H2,14,15). The number of fused-ring (bicyclic) bond motifs is 1. The molecule has 0 saturated carbocycles. The fourth-order valence-corrected chi connectivity index (χ4v) is 2.48. The van der Waals surface area contributed by atoms with Gasteiger partial charge in [0.05, 0.1) is 16.8 Å². The number of nitriles is 1. The van der Waals surface area contributed by atoms with E-state index < -0.39 is 0 Å². The Labute approximate surface area is 102 Å². The SMILES string of the molecule is N#Cc1cccc2c1nc(N)n2-c1ccsc1. The van der Waals surface area contributed by atoms with Gasteiger partial charge in [-0.25, -0.2) is 4.98 Å². The van der Waals surface area contributed by atoms with Crippen LogP contribution in [0, 0.1) is 11.3 Å². The van der Waals surface area contributed by atoms with Crippen molar-refractivity contribution in [2.24, 2.45) is 0 Å². The summed E-state index contributed by atoms with van der Waals surface area (Å²) >= 11 is 1.60. The number of thiophene rings is 1. The van der Waals surface area contributed by atoms with Crippen molar-refractivity contribution in [3.8, 4) is 11.8 Å². The zero-order valence-electron chi connectivity index (χ0n) is 8.79. The molecule has 0 aliphatic carbocycles. The minimum Gasteiger partial charge on any atom is -0.369 e. The van der Waals surface area contributed by atoms with E-state index in [1.165, 1.54) is 0 Å². The normalized spacial score (nSPS) is 10.5. The Morgan fingerprint density at radius 2 is 2.24 bits per heavy atom. The van der Waals surface area contributed by atoms with Crippen LogP contribution in [0.5, 0.6) is 0 Å². The Morgan fingerprint density at radius 3 is 2.94 bits per heavy atom. The molecule has 0 atom stereocenters. The molecule has 1 aromatic carbocycles. The molecule has 82 valence electrons. The number of nitrogen functional groups attached to an aromatic ring is 1. The minimum atomic E-state index is 0.404. The van der Waals surface area contributed by atoms with Crippen LogP contribution in [0.3, 0.4) is 0 Å². The lowest BCUT2D eigenvalue weighted by Gasteiger charge is -2.02. The van der Waals surface area contributed by atoms with Crippen LogP contribution >= 0.6 is 11.3 Å². The van der Waals surface area contributed by atoms with E-state index in [4.69, 9.17) is 11.0 Å². The maximum atomic E-state index is 9.03. The second kappa shape index (κ2) is 3.61. The number of aromatic nitrogens is 2. The van der Waals surface area contributed by atoms with Gasteiger partial charge in [-0.3, -0.25) is 4.57 Å². The fraction of sp³-hybridized carbons (Fsp3) is 0. The first-order chi connectivity index (χ1) is 8.31. The zero-order chi connectivity index (χ0) is 11.8. The van der Waals surface area contributed by atoms with E-state index in [9.17, 15) is 0 Å². The van der Waals surface area contributed by atoms with Crippen molar-refractivity contribution in [1.82, 2.24) is 9.55 Å². The van der Waals surface area contributed by atoms with Gasteiger partial charge in [0, 0.05) is 5.38 Å². The van der Waals surface area contributed by atoms with Crippen LogP contribution in [0.2, 0.25) is 0 Å². The van der Waals surface area contributed by atoms with Gasteiger partial charge < -0.3 is 5.73 Å². The molecule has 0 aliphatic rings. The average molecular weight is 240 g/mol. The molecular weight excluding hydrogens is 232 g/mol. The Hall–Kier alpha value is -2.32. The summed E-state index contributed by atoms with van der Waals surface area (Å²) in [6.45, 7) is 0. The van der Waals surface area contributed by atoms with E-state index in [0.29, 0.717) is 17.0 Å². The van der Waals surface area contributed by atoms with Gasteiger partial charge in [0.2, 0.25) is 5.95 Å². The summed E-state index contributed by atoms with van der Waals surface area (Å²) in [5.74, 6) is 0.404. The van der Waals surface area contributed by atoms with E-state index in [0.717, 1.165) is 11.2 Å². The number of nitrogens with zero attached hydrogens (tertiary/aromatic N) is 3. The van der Waals surface area contributed by atoms with Crippen molar-refractivity contribution in [2.75, 3.05) is 5.73 Å². The third kappa shape index (κ3) is 1.39. The number of hydrogen-bond acceptors (Lipinski definition) is 4. The van der Waals surface area contributed by atoms with Crippen molar-refractivity contribution in [3.05, 3.63) is 40.6 Å². The van der Waals surface area contributed by atoms with Crippen LogP contribution in [0.1, 0.15) is 5.56 Å². The highest BCUT2D eigenvalue weighted by molar-refractivity contribution is 7.08. The summed E-state index contributed by atoms with van der Waals surface area (Å²) in [5.41, 5.74) is 8.95. The first kappa shape index (κ1) is 9.87. The monoisotopic (exact) mass is 240 g/mol. The third-order valence-electron chi connectivity index (χ3n) is 2.60. The molecule has 2 heterocycles. The summed E-state index contributed by atoms with van der Waals surface area (Å²) in [7, 11) is 0. The largest absolute Gasteiger partial charge is 0.369 e. The number of imidazole rings is 1. The predicted molar refractivity (Wildman–Crippen MR) is 68.1 cm³/mol. The number of benzene rings is 1. The second-order valence-corrected chi connectivity index (χ2v) is 4.35. The van der Waals surface area contributed by atoms with Gasteiger partial charge in [0.1, 0.15) is 11.6 Å². The zero-order valence-corrected chi connectivity index (χ0v) is 9.61. The highest BCUT2D eigenvalue weighted by atomic mass is 32.1. The molecule has 2 aromatic heterocycles. The molecule has 0 unspecified atom stereocenters. The molecule has 17 heavy (non-hydrogen) atoms.